The van der Waals surface area contributed by atoms with E-state index in [9.17, 15) is 8.42 Å². The molecule has 1 N–H and O–H groups in total. The number of anilines is 1. The zero-order valence-corrected chi connectivity index (χ0v) is 19.2. The Morgan fingerprint density at radius 3 is 2.97 bits per heavy atom. The first-order valence-corrected chi connectivity index (χ1v) is 12.3. The Morgan fingerprint density at radius 2 is 2.17 bits per heavy atom. The number of ether oxygens (including phenoxy) is 1. The minimum Gasteiger partial charge on any atom is -0.497 e. The molecule has 0 atom stereocenters. The highest BCUT2D eigenvalue weighted by molar-refractivity contribution is 8.23. The topological polar surface area (TPSA) is 92.1 Å². The van der Waals surface area contributed by atoms with Crippen LogP contribution in [-0.2, 0) is 16.6 Å². The van der Waals surface area contributed by atoms with E-state index in [0.717, 1.165) is 23.0 Å². The highest BCUT2D eigenvalue weighted by Crippen LogP contribution is 2.30. The summed E-state index contributed by atoms with van der Waals surface area (Å²) in [5.74, 6) is 1.43. The van der Waals surface area contributed by atoms with Gasteiger partial charge in [-0.3, -0.25) is 18.8 Å². The number of fused-ring (bicyclic) bond motifs is 1. The normalized spacial score (nSPS) is 16.0. The van der Waals surface area contributed by atoms with Gasteiger partial charge in [0.1, 0.15) is 5.75 Å². The molecular formula is C15H16N6O3S5. The van der Waals surface area contributed by atoms with Crippen LogP contribution < -0.4 is 13.8 Å². The van der Waals surface area contributed by atoms with E-state index in [1.807, 2.05) is 8.87 Å². The molecule has 9 nitrogen and oxygen atoms in total. The number of guanidine groups is 1. The Bertz CT molecular complexity index is 1140. The highest BCUT2D eigenvalue weighted by Gasteiger charge is 2.30. The van der Waals surface area contributed by atoms with E-state index in [4.69, 9.17) is 29.2 Å². The summed E-state index contributed by atoms with van der Waals surface area (Å²) in [6.45, 7) is 2.42. The van der Waals surface area contributed by atoms with Gasteiger partial charge in [0.05, 0.1) is 25.1 Å². The second kappa shape index (κ2) is 8.18. The van der Waals surface area contributed by atoms with Gasteiger partial charge in [-0.25, -0.2) is 13.1 Å². The van der Waals surface area contributed by atoms with Gasteiger partial charge in [-0.15, -0.1) is 0 Å². The Kier molecular flexibility index (Phi) is 5.79. The molecule has 1 aromatic carbocycles. The first-order chi connectivity index (χ1) is 13.9. The molecule has 3 heterocycles. The predicted octanol–water partition coefficient (Wildman–Crippen LogP) is 2.09. The van der Waals surface area contributed by atoms with Crippen molar-refractivity contribution in [3.63, 3.8) is 0 Å². The van der Waals surface area contributed by atoms with Gasteiger partial charge in [0.15, 0.2) is 8.27 Å². The zero-order chi connectivity index (χ0) is 20.6. The van der Waals surface area contributed by atoms with Crippen LogP contribution in [0.4, 0.5) is 5.95 Å². The summed E-state index contributed by atoms with van der Waals surface area (Å²) in [7, 11) is -2.35. The lowest BCUT2D eigenvalue weighted by Crippen LogP contribution is -2.44. The van der Waals surface area contributed by atoms with Crippen LogP contribution in [-0.4, -0.2) is 59.3 Å². The van der Waals surface area contributed by atoms with E-state index in [1.54, 1.807) is 17.0 Å². The maximum absolute atomic E-state index is 12.8. The number of methoxy groups -OCH3 is 1. The summed E-state index contributed by atoms with van der Waals surface area (Å²) in [4.78, 5) is 6.05. The second-order valence-corrected chi connectivity index (χ2v) is 10.7. The van der Waals surface area contributed by atoms with Gasteiger partial charge in [0, 0.05) is 31.1 Å². The Hall–Kier alpha value is -1.74. The number of hydrogen-bond donors (Lipinski definition) is 1. The molecule has 1 aromatic heterocycles. The first-order valence-electron chi connectivity index (χ1n) is 8.44. The Morgan fingerprint density at radius 1 is 1.34 bits per heavy atom. The molecule has 0 unspecified atom stereocenters. The molecular weight excluding hydrogens is 473 g/mol. The summed E-state index contributed by atoms with van der Waals surface area (Å²) in [5.41, 5.74) is 0. The number of sulfonamides is 1. The van der Waals surface area contributed by atoms with Gasteiger partial charge in [-0.05, 0) is 35.9 Å². The van der Waals surface area contributed by atoms with Crippen molar-refractivity contribution < 1.29 is 13.2 Å². The van der Waals surface area contributed by atoms with Crippen LogP contribution in [0.3, 0.4) is 0 Å². The Labute approximate surface area is 186 Å². The summed E-state index contributed by atoms with van der Waals surface area (Å²) in [6, 6.07) is 6.24. The van der Waals surface area contributed by atoms with Gasteiger partial charge in [0.2, 0.25) is 11.9 Å². The molecule has 0 radical (unpaired) electrons. The SMILES string of the molecule is COc1cccc(S(=O)(=O)NC2=NCCN2C(=S)SN2CCn3c2nsc3=S)c1. The summed E-state index contributed by atoms with van der Waals surface area (Å²) >= 11 is 13.4. The van der Waals surface area contributed by atoms with Gasteiger partial charge >= 0.3 is 0 Å². The standard InChI is InChI=1S/C15H16N6O3S5/c1-24-10-3-2-4-11(9-10)29(22,23)18-12-16-5-6-19(12)15(26)28-21-8-7-20-13(21)17-27-14(20)25/h2-4,9H,5-8H2,1H3,(H,16,18). The Balaban J connectivity index is 1.47. The van der Waals surface area contributed by atoms with Gasteiger partial charge in [-0.2, -0.15) is 4.37 Å². The van der Waals surface area contributed by atoms with Gasteiger partial charge < -0.3 is 4.74 Å². The van der Waals surface area contributed by atoms with Crippen molar-refractivity contribution in [3.05, 3.63) is 28.2 Å². The summed E-state index contributed by atoms with van der Waals surface area (Å²) in [6.07, 6.45) is 0. The zero-order valence-electron chi connectivity index (χ0n) is 15.1. The summed E-state index contributed by atoms with van der Waals surface area (Å²) < 4.78 is 42.7. The van der Waals surface area contributed by atoms with Crippen LogP contribution in [0.1, 0.15) is 0 Å². The van der Waals surface area contributed by atoms with Crippen molar-refractivity contribution in [2.75, 3.05) is 31.0 Å². The average molecular weight is 489 g/mol. The van der Waals surface area contributed by atoms with Crippen molar-refractivity contribution in [2.45, 2.75) is 11.4 Å². The van der Waals surface area contributed by atoms with Crippen LogP contribution in [0.15, 0.2) is 34.2 Å². The molecule has 4 rings (SSSR count). The van der Waals surface area contributed by atoms with Crippen LogP contribution in [0, 0.1) is 3.95 Å². The molecule has 0 spiro atoms. The third-order valence-corrected chi connectivity index (χ3v) is 8.03. The molecule has 2 aliphatic rings. The van der Waals surface area contributed by atoms with E-state index in [0.29, 0.717) is 23.2 Å². The number of aliphatic imine (C=N–C) groups is 1. The molecule has 14 heteroatoms. The van der Waals surface area contributed by atoms with Crippen molar-refractivity contribution in [1.29, 1.82) is 0 Å². The number of benzene rings is 1. The van der Waals surface area contributed by atoms with E-state index in [1.165, 1.54) is 42.7 Å². The van der Waals surface area contributed by atoms with Crippen LogP contribution in [0.2, 0.25) is 0 Å². The number of nitrogens with one attached hydrogen (secondary N) is 1. The smallest absolute Gasteiger partial charge is 0.264 e. The number of thiocarbonyl (C=S) groups is 1. The fourth-order valence-electron chi connectivity index (χ4n) is 2.81. The van der Waals surface area contributed by atoms with Crippen molar-refractivity contribution in [2.24, 2.45) is 4.99 Å². The number of aromatic nitrogens is 2. The molecule has 154 valence electrons. The number of rotatable bonds is 4. The monoisotopic (exact) mass is 488 g/mol. The molecule has 0 bridgehead atoms. The second-order valence-electron chi connectivity index (χ2n) is 6.00. The molecule has 29 heavy (non-hydrogen) atoms. The molecule has 2 aliphatic heterocycles. The van der Waals surface area contributed by atoms with Crippen LogP contribution >= 0.6 is 47.9 Å². The van der Waals surface area contributed by atoms with Gasteiger partial charge in [0.25, 0.3) is 10.0 Å². The molecule has 0 saturated heterocycles. The van der Waals surface area contributed by atoms with E-state index in [2.05, 4.69) is 14.1 Å². The molecule has 0 saturated carbocycles. The minimum absolute atomic E-state index is 0.0889. The highest BCUT2D eigenvalue weighted by atomic mass is 32.2. The maximum atomic E-state index is 12.8. The van der Waals surface area contributed by atoms with Gasteiger partial charge in [-0.1, -0.05) is 18.3 Å². The minimum atomic E-state index is -3.83. The molecule has 2 aromatic rings. The first kappa shape index (κ1) is 20.5. The number of nitrogens with zero attached hydrogens (tertiary/aromatic N) is 5. The van der Waals surface area contributed by atoms with Crippen LogP contribution in [0.5, 0.6) is 5.75 Å². The number of hydrogen-bond acceptors (Lipinski definition) is 10. The maximum Gasteiger partial charge on any atom is 0.264 e. The van der Waals surface area contributed by atoms with E-state index < -0.39 is 10.0 Å². The third-order valence-electron chi connectivity index (χ3n) is 4.24. The fraction of sp³-hybridized carbons (Fsp3) is 0.333. The third kappa shape index (κ3) is 4.12. The predicted molar refractivity (Wildman–Crippen MR) is 121 cm³/mol. The van der Waals surface area contributed by atoms with E-state index in [-0.39, 0.29) is 10.9 Å². The lowest BCUT2D eigenvalue weighted by Gasteiger charge is -2.23. The van der Waals surface area contributed by atoms with Crippen molar-refractivity contribution in [1.82, 2.24) is 18.6 Å². The molecule has 0 amide bonds. The fourth-order valence-corrected chi connectivity index (χ4v) is 6.15. The van der Waals surface area contributed by atoms with Crippen LogP contribution in [0.25, 0.3) is 0 Å². The molecule has 0 aliphatic carbocycles. The molecule has 0 fully saturated rings. The van der Waals surface area contributed by atoms with E-state index >= 15 is 0 Å². The van der Waals surface area contributed by atoms with Crippen molar-refractivity contribution >= 4 is 74.2 Å². The largest absolute Gasteiger partial charge is 0.497 e. The lowest BCUT2D eigenvalue weighted by atomic mass is 10.3. The summed E-state index contributed by atoms with van der Waals surface area (Å²) in [5, 5.41) is 0. The quantitative estimate of drug-likeness (QED) is 0.513. The average Bonchev–Trinajstić information content (AvgIpc) is 3.41. The van der Waals surface area contributed by atoms with Crippen molar-refractivity contribution in [3.8, 4) is 5.75 Å². The lowest BCUT2D eigenvalue weighted by molar-refractivity contribution is 0.413.